The van der Waals surface area contributed by atoms with Crippen molar-refractivity contribution in [1.29, 1.82) is 0 Å². The van der Waals surface area contributed by atoms with Crippen LogP contribution in [0.5, 0.6) is 0 Å². The van der Waals surface area contributed by atoms with Gasteiger partial charge in [-0.15, -0.1) is 0 Å². The van der Waals surface area contributed by atoms with Crippen LogP contribution >= 0.6 is 0 Å². The molecule has 5 heterocycles. The number of nitrogens with two attached hydrogens (primary N) is 1. The normalized spacial score (nSPS) is 30.0. The van der Waals surface area contributed by atoms with Gasteiger partial charge in [0.05, 0.1) is 25.6 Å². The zero-order valence-corrected chi connectivity index (χ0v) is 18.5. The lowest BCUT2D eigenvalue weighted by atomic mass is 9.79. The number of quaternary nitrogens is 1. The highest BCUT2D eigenvalue weighted by Gasteiger charge is 2.56. The fourth-order valence-corrected chi connectivity index (χ4v) is 6.26. The summed E-state index contributed by atoms with van der Waals surface area (Å²) < 4.78 is 11.6. The van der Waals surface area contributed by atoms with Gasteiger partial charge in [-0.3, -0.25) is 4.79 Å². The van der Waals surface area contributed by atoms with E-state index in [1.54, 1.807) is 6.07 Å². The zero-order chi connectivity index (χ0) is 23.1. The Bertz CT molecular complexity index is 986. The minimum absolute atomic E-state index is 0.179. The van der Waals surface area contributed by atoms with Crippen LogP contribution in [0.3, 0.4) is 0 Å². The van der Waals surface area contributed by atoms with Crippen LogP contribution in [0, 0.1) is 11.8 Å². The van der Waals surface area contributed by atoms with Gasteiger partial charge in [-0.2, -0.15) is 0 Å². The van der Waals surface area contributed by atoms with E-state index in [4.69, 9.17) is 14.9 Å². The summed E-state index contributed by atoms with van der Waals surface area (Å²) >= 11 is 0. The number of carbonyl (C=O) groups is 2. The molecule has 2 aromatic rings. The van der Waals surface area contributed by atoms with Crippen LogP contribution in [-0.2, 0) is 19.9 Å². The molecule has 3 N–H and O–H groups in total. The van der Waals surface area contributed by atoms with Gasteiger partial charge in [-0.05, 0) is 18.9 Å². The molecule has 3 atom stereocenters. The molecule has 6 rings (SSSR count). The summed E-state index contributed by atoms with van der Waals surface area (Å²) in [6.07, 6.45) is 10.2. The molecule has 0 radical (unpaired) electrons. The highest BCUT2D eigenvalue weighted by atomic mass is 16.6. The van der Waals surface area contributed by atoms with Gasteiger partial charge in [-0.25, -0.2) is 19.7 Å². The lowest BCUT2D eigenvalue weighted by Gasteiger charge is -2.54. The van der Waals surface area contributed by atoms with Gasteiger partial charge in [0.25, 0.3) is 5.91 Å². The van der Waals surface area contributed by atoms with E-state index in [1.807, 2.05) is 0 Å². The SMILES string of the molecule is NC(=O)C(c1ncncn1)[N+]12CCC(CC1)[C@@H](OC(=O)C(O)(c1ccoc1)C1CCCC1)C2. The predicted molar refractivity (Wildman–Crippen MR) is 114 cm³/mol. The molecule has 2 aromatic heterocycles. The molecule has 1 amide bonds. The van der Waals surface area contributed by atoms with Gasteiger partial charge in [-0.1, -0.05) is 12.8 Å². The van der Waals surface area contributed by atoms with Gasteiger partial charge in [0.1, 0.15) is 19.2 Å². The first-order valence-corrected chi connectivity index (χ1v) is 11.7. The summed E-state index contributed by atoms with van der Waals surface area (Å²) in [5.41, 5.74) is 4.52. The van der Waals surface area contributed by atoms with Gasteiger partial charge < -0.3 is 24.5 Å². The van der Waals surface area contributed by atoms with Gasteiger partial charge in [0.15, 0.2) is 17.5 Å². The number of rotatable bonds is 7. The number of fused-ring (bicyclic) bond motifs is 3. The lowest BCUT2D eigenvalue weighted by Crippen LogP contribution is -2.68. The first kappa shape index (κ1) is 22.0. The fraction of sp³-hybridized carbons (Fsp3) is 0.609. The number of furan rings is 1. The highest BCUT2D eigenvalue weighted by Crippen LogP contribution is 2.45. The molecule has 2 unspecified atom stereocenters. The van der Waals surface area contributed by atoms with Gasteiger partial charge in [0.2, 0.25) is 6.04 Å². The molecule has 4 aliphatic rings. The molecular weight excluding hydrogens is 426 g/mol. The topological polar surface area (TPSA) is 141 Å². The Morgan fingerprint density at radius 1 is 1.18 bits per heavy atom. The molecule has 2 bridgehead atoms. The minimum Gasteiger partial charge on any atom is -0.472 e. The standard InChI is InChI=1S/C23H29N5O5/c24-20(29)19(21-26-13-25-14-27-21)28-8-5-15(6-9-28)18(11-28)33-22(30)23(31,16-3-1-2-4-16)17-7-10-32-12-17/h7,10,12-16,18-19,31H,1-6,8-9,11H2,(H-,24,29)/p+1/t15?,18-,19?,23?,28?/m0/s1. The Kier molecular flexibility index (Phi) is 5.65. The third kappa shape index (κ3) is 3.71. The molecule has 10 nitrogen and oxygen atoms in total. The van der Waals surface area contributed by atoms with E-state index in [0.29, 0.717) is 22.4 Å². The number of hydrogen-bond donors (Lipinski definition) is 2. The molecule has 176 valence electrons. The molecule has 3 saturated heterocycles. The average molecular weight is 457 g/mol. The van der Waals surface area contributed by atoms with Crippen molar-refractivity contribution in [3.63, 3.8) is 0 Å². The predicted octanol–water partition coefficient (Wildman–Crippen LogP) is 1.22. The maximum Gasteiger partial charge on any atom is 0.343 e. The summed E-state index contributed by atoms with van der Waals surface area (Å²) in [6, 6.07) is 0.895. The van der Waals surface area contributed by atoms with Crippen LogP contribution in [0.15, 0.2) is 35.7 Å². The van der Waals surface area contributed by atoms with E-state index < -0.39 is 29.6 Å². The van der Waals surface area contributed by atoms with Crippen molar-refractivity contribution in [2.75, 3.05) is 19.6 Å². The molecule has 0 aromatic carbocycles. The largest absolute Gasteiger partial charge is 0.472 e. The summed E-state index contributed by atoms with van der Waals surface area (Å²) in [7, 11) is 0. The molecule has 10 heteroatoms. The van der Waals surface area contributed by atoms with Gasteiger partial charge >= 0.3 is 5.97 Å². The minimum atomic E-state index is -1.74. The second-order valence-electron chi connectivity index (χ2n) is 9.69. The van der Waals surface area contributed by atoms with E-state index in [1.165, 1.54) is 25.2 Å². The second kappa shape index (κ2) is 8.49. The maximum atomic E-state index is 13.5. The second-order valence-corrected chi connectivity index (χ2v) is 9.69. The third-order valence-corrected chi connectivity index (χ3v) is 8.01. The Balaban J connectivity index is 1.41. The van der Waals surface area contributed by atoms with E-state index in [-0.39, 0.29) is 11.8 Å². The summed E-state index contributed by atoms with van der Waals surface area (Å²) in [4.78, 5) is 38.3. The fourth-order valence-electron chi connectivity index (χ4n) is 6.26. The maximum absolute atomic E-state index is 13.5. The number of carbonyl (C=O) groups excluding carboxylic acids is 2. The highest BCUT2D eigenvalue weighted by molar-refractivity contribution is 5.82. The number of hydrogen-bond acceptors (Lipinski definition) is 8. The number of aromatic nitrogens is 3. The smallest absolute Gasteiger partial charge is 0.343 e. The van der Waals surface area contributed by atoms with E-state index >= 15 is 0 Å². The Morgan fingerprint density at radius 2 is 1.88 bits per heavy atom. The molecule has 3 aliphatic heterocycles. The van der Waals surface area contributed by atoms with Crippen molar-refractivity contribution in [3.8, 4) is 0 Å². The van der Waals surface area contributed by atoms with E-state index in [0.717, 1.165) is 51.6 Å². The zero-order valence-electron chi connectivity index (χ0n) is 18.5. The lowest BCUT2D eigenvalue weighted by molar-refractivity contribution is -0.965. The van der Waals surface area contributed by atoms with Crippen molar-refractivity contribution in [2.24, 2.45) is 17.6 Å². The Morgan fingerprint density at radius 3 is 2.48 bits per heavy atom. The van der Waals surface area contributed by atoms with E-state index in [2.05, 4.69) is 15.0 Å². The Hall–Kier alpha value is -2.85. The molecular formula is C23H30N5O5+. The quantitative estimate of drug-likeness (QED) is 0.468. The van der Waals surface area contributed by atoms with Crippen molar-refractivity contribution < 1.29 is 28.3 Å². The summed E-state index contributed by atoms with van der Waals surface area (Å²) in [5, 5.41) is 11.6. The summed E-state index contributed by atoms with van der Waals surface area (Å²) in [6.45, 7) is 1.89. The van der Waals surface area contributed by atoms with E-state index in [9.17, 15) is 14.7 Å². The van der Waals surface area contributed by atoms with Crippen molar-refractivity contribution in [3.05, 3.63) is 42.6 Å². The Labute approximate surface area is 191 Å². The molecule has 33 heavy (non-hydrogen) atoms. The van der Waals surface area contributed by atoms with Crippen LogP contribution < -0.4 is 5.73 Å². The molecule has 4 fully saturated rings. The van der Waals surface area contributed by atoms with Crippen LogP contribution in [0.4, 0.5) is 0 Å². The van der Waals surface area contributed by atoms with Crippen molar-refractivity contribution in [2.45, 2.75) is 56.3 Å². The van der Waals surface area contributed by atoms with Crippen molar-refractivity contribution in [1.82, 2.24) is 15.0 Å². The number of piperidine rings is 3. The van der Waals surface area contributed by atoms with Crippen LogP contribution in [0.25, 0.3) is 0 Å². The number of primary amides is 1. The van der Waals surface area contributed by atoms with Crippen LogP contribution in [-0.4, -0.2) is 62.2 Å². The molecule has 1 saturated carbocycles. The first-order chi connectivity index (χ1) is 15.9. The molecule has 0 spiro atoms. The number of nitrogens with zero attached hydrogens (tertiary/aromatic N) is 4. The number of esters is 1. The number of amides is 1. The third-order valence-electron chi connectivity index (χ3n) is 8.01. The molecule has 1 aliphatic carbocycles. The van der Waals surface area contributed by atoms with Crippen molar-refractivity contribution >= 4 is 11.9 Å². The van der Waals surface area contributed by atoms with Crippen LogP contribution in [0.2, 0.25) is 0 Å². The summed E-state index contributed by atoms with van der Waals surface area (Å²) in [5.74, 6) is -0.840. The average Bonchev–Trinajstić information content (AvgIpc) is 3.55. The number of ether oxygens (including phenoxy) is 1. The first-order valence-electron chi connectivity index (χ1n) is 11.7. The number of aliphatic hydroxyl groups is 1. The van der Waals surface area contributed by atoms with Crippen LogP contribution in [0.1, 0.15) is 56.0 Å². The van der Waals surface area contributed by atoms with Gasteiger partial charge in [0, 0.05) is 30.2 Å². The monoisotopic (exact) mass is 456 g/mol.